The van der Waals surface area contributed by atoms with Gasteiger partial charge in [-0.15, -0.1) is 0 Å². The molecular weight excluding hydrogens is 182 g/mol. The van der Waals surface area contributed by atoms with Gasteiger partial charge in [-0.25, -0.2) is 9.78 Å². The summed E-state index contributed by atoms with van der Waals surface area (Å²) in [5.74, 6) is 0.201. The van der Waals surface area contributed by atoms with E-state index in [0.717, 1.165) is 0 Å². The van der Waals surface area contributed by atoms with E-state index in [1.54, 1.807) is 6.20 Å². The zero-order chi connectivity index (χ0) is 10.6. The maximum absolute atomic E-state index is 11.5. The summed E-state index contributed by atoms with van der Waals surface area (Å²) in [7, 11) is 0. The van der Waals surface area contributed by atoms with Crippen molar-refractivity contribution in [1.82, 2.24) is 14.9 Å². The number of aliphatic hydroxyl groups excluding tert-OH is 1. The molecule has 0 aliphatic heterocycles. The Morgan fingerprint density at radius 1 is 1.64 bits per heavy atom. The Hall–Kier alpha value is -1.36. The van der Waals surface area contributed by atoms with E-state index in [1.165, 1.54) is 17.1 Å². The summed E-state index contributed by atoms with van der Waals surface area (Å²) < 4.78 is 1.34. The third-order valence-electron chi connectivity index (χ3n) is 2.05. The highest BCUT2D eigenvalue weighted by atomic mass is 16.3. The number of nitrogens with one attached hydrogen (secondary N) is 1. The number of carbonyl (C=O) groups excluding carboxylic acids is 1. The molecule has 0 saturated carbocycles. The van der Waals surface area contributed by atoms with Gasteiger partial charge in [-0.1, -0.05) is 13.8 Å². The summed E-state index contributed by atoms with van der Waals surface area (Å²) in [6.07, 6.45) is 4.51. The molecule has 0 fully saturated rings. The molecule has 0 aliphatic carbocycles. The second kappa shape index (κ2) is 4.76. The van der Waals surface area contributed by atoms with Crippen molar-refractivity contribution in [2.24, 2.45) is 5.92 Å². The Labute approximate surface area is 82.8 Å². The summed E-state index contributed by atoms with van der Waals surface area (Å²) in [5, 5.41) is 11.7. The Morgan fingerprint density at radius 3 is 2.79 bits per heavy atom. The van der Waals surface area contributed by atoms with Crippen molar-refractivity contribution in [3.05, 3.63) is 18.7 Å². The monoisotopic (exact) mass is 197 g/mol. The van der Waals surface area contributed by atoms with Crippen LogP contribution in [0.2, 0.25) is 0 Å². The van der Waals surface area contributed by atoms with Crippen molar-refractivity contribution in [2.45, 2.75) is 19.9 Å². The smallest absolute Gasteiger partial charge is 0.327 e. The number of rotatable bonds is 3. The molecule has 0 bridgehead atoms. The molecule has 5 nitrogen and oxygen atoms in total. The lowest BCUT2D eigenvalue weighted by Gasteiger charge is -2.19. The normalized spacial score (nSPS) is 12.9. The van der Waals surface area contributed by atoms with Crippen molar-refractivity contribution < 1.29 is 9.90 Å². The van der Waals surface area contributed by atoms with Gasteiger partial charge in [0.25, 0.3) is 0 Å². The fourth-order valence-electron chi connectivity index (χ4n) is 1.04. The Morgan fingerprint density at radius 2 is 2.36 bits per heavy atom. The molecule has 0 aliphatic rings. The van der Waals surface area contributed by atoms with Crippen molar-refractivity contribution in [2.75, 3.05) is 6.61 Å². The van der Waals surface area contributed by atoms with Crippen LogP contribution in [-0.4, -0.2) is 33.3 Å². The van der Waals surface area contributed by atoms with Gasteiger partial charge in [0, 0.05) is 12.4 Å². The van der Waals surface area contributed by atoms with Gasteiger partial charge in [-0.3, -0.25) is 4.57 Å². The molecule has 14 heavy (non-hydrogen) atoms. The molecule has 0 spiro atoms. The van der Waals surface area contributed by atoms with Gasteiger partial charge >= 0.3 is 6.03 Å². The standard InChI is InChI=1S/C9H15N3O2/c1-7(2)8(5-13)11-9(14)12-4-3-10-6-12/h3-4,6-8,13H,5H2,1-2H3,(H,11,14). The van der Waals surface area contributed by atoms with Gasteiger partial charge in [-0.2, -0.15) is 0 Å². The SMILES string of the molecule is CC(C)C(CO)NC(=O)n1ccnc1. The zero-order valence-electron chi connectivity index (χ0n) is 8.34. The molecule has 1 aromatic heterocycles. The minimum Gasteiger partial charge on any atom is -0.394 e. The van der Waals surface area contributed by atoms with Crippen LogP contribution < -0.4 is 5.32 Å². The number of nitrogens with zero attached hydrogens (tertiary/aromatic N) is 2. The van der Waals surface area contributed by atoms with Crippen LogP contribution >= 0.6 is 0 Å². The van der Waals surface area contributed by atoms with Gasteiger partial charge in [0.05, 0.1) is 12.6 Å². The number of hydrogen-bond acceptors (Lipinski definition) is 3. The Bertz CT molecular complexity index is 282. The summed E-state index contributed by atoms with van der Waals surface area (Å²) in [5.41, 5.74) is 0. The Kier molecular flexibility index (Phi) is 3.64. The summed E-state index contributed by atoms with van der Waals surface area (Å²) in [4.78, 5) is 15.2. The quantitative estimate of drug-likeness (QED) is 0.739. The van der Waals surface area contributed by atoms with Crippen LogP contribution in [0.4, 0.5) is 4.79 Å². The maximum atomic E-state index is 11.5. The van der Waals surface area contributed by atoms with Crippen LogP contribution in [0, 0.1) is 5.92 Å². The molecule has 0 aromatic carbocycles. The number of hydrogen-bond donors (Lipinski definition) is 2. The molecule has 1 rings (SSSR count). The lowest BCUT2D eigenvalue weighted by molar-refractivity contribution is 0.199. The first kappa shape index (κ1) is 10.7. The van der Waals surface area contributed by atoms with Crippen LogP contribution in [0.3, 0.4) is 0 Å². The molecule has 2 N–H and O–H groups in total. The number of carbonyl (C=O) groups is 1. The highest BCUT2D eigenvalue weighted by Crippen LogP contribution is 2.00. The van der Waals surface area contributed by atoms with Crippen molar-refractivity contribution in [3.8, 4) is 0 Å². The minimum absolute atomic E-state index is 0.0574. The molecule has 1 unspecified atom stereocenters. The average Bonchev–Trinajstić information content (AvgIpc) is 2.65. The molecule has 1 aromatic rings. The lowest BCUT2D eigenvalue weighted by atomic mass is 10.1. The third kappa shape index (κ3) is 2.56. The maximum Gasteiger partial charge on any atom is 0.327 e. The van der Waals surface area contributed by atoms with Crippen LogP contribution in [0.5, 0.6) is 0 Å². The van der Waals surface area contributed by atoms with Crippen molar-refractivity contribution in [3.63, 3.8) is 0 Å². The summed E-state index contributed by atoms with van der Waals surface area (Å²) >= 11 is 0. The van der Waals surface area contributed by atoms with Gasteiger partial charge in [0.15, 0.2) is 0 Å². The second-order valence-corrected chi connectivity index (χ2v) is 3.45. The van der Waals surface area contributed by atoms with Crippen LogP contribution in [0.25, 0.3) is 0 Å². The van der Waals surface area contributed by atoms with Crippen molar-refractivity contribution >= 4 is 6.03 Å². The highest BCUT2D eigenvalue weighted by molar-refractivity contribution is 5.76. The van der Waals surface area contributed by atoms with E-state index in [-0.39, 0.29) is 24.6 Å². The predicted molar refractivity (Wildman–Crippen MR) is 51.9 cm³/mol. The molecule has 1 atom stereocenters. The van der Waals surface area contributed by atoms with E-state index in [0.29, 0.717) is 0 Å². The number of aliphatic hydroxyl groups is 1. The first-order valence-electron chi connectivity index (χ1n) is 4.55. The summed E-state index contributed by atoms with van der Waals surface area (Å²) in [6, 6.07) is -0.486. The molecule has 5 heteroatoms. The number of imidazole rings is 1. The van der Waals surface area contributed by atoms with E-state index in [9.17, 15) is 4.79 Å². The van der Waals surface area contributed by atoms with Gasteiger partial charge in [0.2, 0.25) is 0 Å². The first-order chi connectivity index (χ1) is 6.65. The predicted octanol–water partition coefficient (Wildman–Crippen LogP) is 0.458. The number of amides is 1. The molecule has 0 saturated heterocycles. The van der Waals surface area contributed by atoms with Crippen LogP contribution in [0.15, 0.2) is 18.7 Å². The van der Waals surface area contributed by atoms with Gasteiger partial charge in [0.1, 0.15) is 6.33 Å². The van der Waals surface area contributed by atoms with E-state index in [1.807, 2.05) is 13.8 Å². The number of aromatic nitrogens is 2. The lowest BCUT2D eigenvalue weighted by Crippen LogP contribution is -2.42. The fourth-order valence-corrected chi connectivity index (χ4v) is 1.04. The largest absolute Gasteiger partial charge is 0.394 e. The van der Waals surface area contributed by atoms with Crippen LogP contribution in [0.1, 0.15) is 13.8 Å². The Balaban J connectivity index is 2.56. The molecule has 78 valence electrons. The van der Waals surface area contributed by atoms with E-state index in [2.05, 4.69) is 10.3 Å². The van der Waals surface area contributed by atoms with E-state index >= 15 is 0 Å². The second-order valence-electron chi connectivity index (χ2n) is 3.45. The topological polar surface area (TPSA) is 67.2 Å². The summed E-state index contributed by atoms with van der Waals surface area (Å²) in [6.45, 7) is 3.82. The minimum atomic E-state index is -0.268. The molecule has 1 amide bonds. The highest BCUT2D eigenvalue weighted by Gasteiger charge is 2.15. The first-order valence-corrected chi connectivity index (χ1v) is 4.55. The average molecular weight is 197 g/mol. The van der Waals surface area contributed by atoms with E-state index in [4.69, 9.17) is 5.11 Å². The van der Waals surface area contributed by atoms with Gasteiger partial charge in [-0.05, 0) is 5.92 Å². The van der Waals surface area contributed by atoms with Crippen molar-refractivity contribution in [1.29, 1.82) is 0 Å². The zero-order valence-corrected chi connectivity index (χ0v) is 8.34. The van der Waals surface area contributed by atoms with Crippen LogP contribution in [-0.2, 0) is 0 Å². The third-order valence-corrected chi connectivity index (χ3v) is 2.05. The molecule has 1 heterocycles. The van der Waals surface area contributed by atoms with Gasteiger partial charge < -0.3 is 10.4 Å². The molecule has 0 radical (unpaired) electrons. The molecular formula is C9H15N3O2. The fraction of sp³-hybridized carbons (Fsp3) is 0.556. The van der Waals surface area contributed by atoms with E-state index < -0.39 is 0 Å².